The van der Waals surface area contributed by atoms with E-state index >= 15 is 0 Å². The summed E-state index contributed by atoms with van der Waals surface area (Å²) in [5.74, 6) is 0.341. The standard InChI is InChI=1S/C19H22N2O3/c1-4-18(22)20-16-9-6-10-17(14(16)3)21-19(23)12-24-15-8-5-7-13(2)11-15/h5-11H,4,12H2,1-3H3,(H,20,22)(H,21,23). The molecule has 0 unspecified atom stereocenters. The van der Waals surface area contributed by atoms with Crippen LogP contribution in [0.4, 0.5) is 11.4 Å². The van der Waals surface area contributed by atoms with Crippen LogP contribution in [0.3, 0.4) is 0 Å². The van der Waals surface area contributed by atoms with E-state index in [2.05, 4.69) is 10.6 Å². The molecule has 0 bridgehead atoms. The summed E-state index contributed by atoms with van der Waals surface area (Å²) in [6.07, 6.45) is 0.403. The van der Waals surface area contributed by atoms with Gasteiger partial charge in [-0.05, 0) is 49.2 Å². The lowest BCUT2D eigenvalue weighted by atomic mass is 10.1. The largest absolute Gasteiger partial charge is 0.484 e. The molecule has 2 N–H and O–H groups in total. The van der Waals surface area contributed by atoms with Crippen LogP contribution in [-0.4, -0.2) is 18.4 Å². The Balaban J connectivity index is 1.98. The maximum absolute atomic E-state index is 12.1. The lowest BCUT2D eigenvalue weighted by Gasteiger charge is -2.13. The van der Waals surface area contributed by atoms with E-state index in [9.17, 15) is 9.59 Å². The van der Waals surface area contributed by atoms with Crippen LogP contribution in [0.1, 0.15) is 24.5 Å². The number of hydrogen-bond donors (Lipinski definition) is 2. The van der Waals surface area contributed by atoms with Crippen LogP contribution in [0, 0.1) is 13.8 Å². The lowest BCUT2D eigenvalue weighted by molar-refractivity contribution is -0.118. The quantitative estimate of drug-likeness (QED) is 0.851. The molecule has 5 heteroatoms. The molecular weight excluding hydrogens is 304 g/mol. The minimum atomic E-state index is -0.251. The predicted octanol–water partition coefficient (Wildman–Crippen LogP) is 3.67. The Bertz CT molecular complexity index is 741. The molecule has 2 amide bonds. The average molecular weight is 326 g/mol. The minimum absolute atomic E-state index is 0.0654. The summed E-state index contributed by atoms with van der Waals surface area (Å²) in [7, 11) is 0. The van der Waals surface area contributed by atoms with Crippen LogP contribution in [0.2, 0.25) is 0 Å². The van der Waals surface area contributed by atoms with E-state index in [0.29, 0.717) is 23.5 Å². The number of carbonyl (C=O) groups excluding carboxylic acids is 2. The van der Waals surface area contributed by atoms with Crippen LogP contribution in [0.15, 0.2) is 42.5 Å². The normalized spacial score (nSPS) is 10.1. The Morgan fingerprint density at radius 2 is 1.58 bits per heavy atom. The topological polar surface area (TPSA) is 67.4 Å². The highest BCUT2D eigenvalue weighted by Gasteiger charge is 2.10. The van der Waals surface area contributed by atoms with Gasteiger partial charge in [-0.1, -0.05) is 25.1 Å². The van der Waals surface area contributed by atoms with Gasteiger partial charge in [0.05, 0.1) is 0 Å². The van der Waals surface area contributed by atoms with E-state index in [0.717, 1.165) is 11.1 Å². The maximum Gasteiger partial charge on any atom is 0.262 e. The average Bonchev–Trinajstić information content (AvgIpc) is 2.56. The van der Waals surface area contributed by atoms with Gasteiger partial charge in [0.25, 0.3) is 5.91 Å². The van der Waals surface area contributed by atoms with E-state index in [4.69, 9.17) is 4.74 Å². The first-order valence-electron chi connectivity index (χ1n) is 7.88. The Hall–Kier alpha value is -2.82. The van der Waals surface area contributed by atoms with Gasteiger partial charge in [-0.2, -0.15) is 0 Å². The van der Waals surface area contributed by atoms with Crippen molar-refractivity contribution < 1.29 is 14.3 Å². The third-order valence-corrected chi connectivity index (χ3v) is 3.56. The molecule has 126 valence electrons. The molecular formula is C19H22N2O3. The summed E-state index contributed by atoms with van der Waals surface area (Å²) in [5, 5.41) is 5.63. The first kappa shape index (κ1) is 17.5. The number of amides is 2. The Morgan fingerprint density at radius 3 is 2.21 bits per heavy atom. The van der Waals surface area contributed by atoms with Crippen molar-refractivity contribution in [3.63, 3.8) is 0 Å². The van der Waals surface area contributed by atoms with Crippen molar-refractivity contribution in [1.29, 1.82) is 0 Å². The molecule has 0 aliphatic rings. The number of ether oxygens (including phenoxy) is 1. The molecule has 2 aromatic carbocycles. The number of benzene rings is 2. The first-order valence-corrected chi connectivity index (χ1v) is 7.88. The van der Waals surface area contributed by atoms with Gasteiger partial charge in [0, 0.05) is 17.8 Å². The van der Waals surface area contributed by atoms with Crippen molar-refractivity contribution in [2.45, 2.75) is 27.2 Å². The summed E-state index contributed by atoms with van der Waals surface area (Å²) in [6, 6.07) is 12.9. The second-order valence-electron chi connectivity index (χ2n) is 5.53. The van der Waals surface area contributed by atoms with Crippen molar-refractivity contribution in [2.24, 2.45) is 0 Å². The fourth-order valence-electron chi connectivity index (χ4n) is 2.19. The highest BCUT2D eigenvalue weighted by Crippen LogP contribution is 2.23. The number of hydrogen-bond acceptors (Lipinski definition) is 3. The highest BCUT2D eigenvalue weighted by molar-refractivity contribution is 5.96. The van der Waals surface area contributed by atoms with Gasteiger partial charge in [-0.3, -0.25) is 9.59 Å². The fourth-order valence-corrected chi connectivity index (χ4v) is 2.19. The maximum atomic E-state index is 12.1. The van der Waals surface area contributed by atoms with Crippen molar-refractivity contribution in [1.82, 2.24) is 0 Å². The van der Waals surface area contributed by atoms with Gasteiger partial charge in [0.2, 0.25) is 5.91 Å². The molecule has 5 nitrogen and oxygen atoms in total. The van der Waals surface area contributed by atoms with E-state index in [1.165, 1.54) is 0 Å². The predicted molar refractivity (Wildman–Crippen MR) is 95.4 cm³/mol. The smallest absolute Gasteiger partial charge is 0.262 e. The van der Waals surface area contributed by atoms with Crippen molar-refractivity contribution in [3.05, 3.63) is 53.6 Å². The third-order valence-electron chi connectivity index (χ3n) is 3.56. The second kappa shape index (κ2) is 8.15. The van der Waals surface area contributed by atoms with Gasteiger partial charge in [0.1, 0.15) is 5.75 Å². The monoisotopic (exact) mass is 326 g/mol. The van der Waals surface area contributed by atoms with Crippen molar-refractivity contribution in [2.75, 3.05) is 17.2 Å². The van der Waals surface area contributed by atoms with Crippen molar-refractivity contribution >= 4 is 23.2 Å². The molecule has 2 aromatic rings. The zero-order chi connectivity index (χ0) is 17.5. The molecule has 0 atom stereocenters. The van der Waals surface area contributed by atoms with Crippen molar-refractivity contribution in [3.8, 4) is 5.75 Å². The number of carbonyl (C=O) groups is 2. The molecule has 0 saturated heterocycles. The number of aryl methyl sites for hydroxylation is 1. The van der Waals surface area contributed by atoms with Crippen LogP contribution in [-0.2, 0) is 9.59 Å². The fraction of sp³-hybridized carbons (Fsp3) is 0.263. The summed E-state index contributed by atoms with van der Waals surface area (Å²) < 4.78 is 5.49. The molecule has 0 fully saturated rings. The van der Waals surface area contributed by atoms with E-state index in [1.54, 1.807) is 19.1 Å². The number of rotatable bonds is 6. The van der Waals surface area contributed by atoms with Gasteiger partial charge in [0.15, 0.2) is 6.61 Å². The lowest BCUT2D eigenvalue weighted by Crippen LogP contribution is -2.21. The molecule has 0 heterocycles. The zero-order valence-corrected chi connectivity index (χ0v) is 14.2. The van der Waals surface area contributed by atoms with Gasteiger partial charge in [-0.25, -0.2) is 0 Å². The van der Waals surface area contributed by atoms with Gasteiger partial charge in [-0.15, -0.1) is 0 Å². The van der Waals surface area contributed by atoms with Crippen LogP contribution in [0.5, 0.6) is 5.75 Å². The molecule has 0 aromatic heterocycles. The minimum Gasteiger partial charge on any atom is -0.484 e. The van der Waals surface area contributed by atoms with E-state index < -0.39 is 0 Å². The van der Waals surface area contributed by atoms with E-state index in [1.807, 2.05) is 44.2 Å². The number of anilines is 2. The van der Waals surface area contributed by atoms with E-state index in [-0.39, 0.29) is 18.4 Å². The molecule has 24 heavy (non-hydrogen) atoms. The van der Waals surface area contributed by atoms with Crippen LogP contribution < -0.4 is 15.4 Å². The molecule has 0 saturated carbocycles. The molecule has 2 rings (SSSR count). The third kappa shape index (κ3) is 4.84. The first-order chi connectivity index (χ1) is 11.5. The SMILES string of the molecule is CCC(=O)Nc1cccc(NC(=O)COc2cccc(C)c2)c1C. The summed E-state index contributed by atoms with van der Waals surface area (Å²) in [5.41, 5.74) is 3.23. The Kier molecular flexibility index (Phi) is 5.95. The summed E-state index contributed by atoms with van der Waals surface area (Å²) in [4.78, 5) is 23.6. The van der Waals surface area contributed by atoms with Crippen LogP contribution >= 0.6 is 0 Å². The second-order valence-corrected chi connectivity index (χ2v) is 5.53. The Labute approximate surface area is 142 Å². The number of nitrogens with one attached hydrogen (secondary N) is 2. The summed E-state index contributed by atoms with van der Waals surface area (Å²) >= 11 is 0. The van der Waals surface area contributed by atoms with Gasteiger partial charge < -0.3 is 15.4 Å². The van der Waals surface area contributed by atoms with Crippen LogP contribution in [0.25, 0.3) is 0 Å². The molecule has 0 spiro atoms. The zero-order valence-electron chi connectivity index (χ0n) is 14.2. The molecule has 0 radical (unpaired) electrons. The Morgan fingerprint density at radius 1 is 0.958 bits per heavy atom. The molecule has 0 aliphatic carbocycles. The summed E-state index contributed by atoms with van der Waals surface area (Å²) in [6.45, 7) is 5.53. The highest BCUT2D eigenvalue weighted by atomic mass is 16.5. The van der Waals surface area contributed by atoms with Gasteiger partial charge >= 0.3 is 0 Å². The molecule has 0 aliphatic heterocycles.